The molecule has 0 atom stereocenters. The number of nitrogens with zero attached hydrogens (tertiary/aromatic N) is 3. The zero-order valence-corrected chi connectivity index (χ0v) is 10.1. The zero-order chi connectivity index (χ0) is 12.3. The van der Waals surface area contributed by atoms with Gasteiger partial charge >= 0.3 is 0 Å². The summed E-state index contributed by atoms with van der Waals surface area (Å²) in [5, 5.41) is 6.49. The average Bonchev–Trinajstić information content (AvgIpc) is 2.90. The van der Waals surface area contributed by atoms with Gasteiger partial charge in [-0.05, 0) is 12.8 Å². The Kier molecular flexibility index (Phi) is 3.42. The van der Waals surface area contributed by atoms with Crippen LogP contribution in [0, 0.1) is 0 Å². The fourth-order valence-electron chi connectivity index (χ4n) is 2.31. The molecule has 1 fully saturated rings. The van der Waals surface area contributed by atoms with E-state index in [-0.39, 0.29) is 11.4 Å². The van der Waals surface area contributed by atoms with Crippen molar-refractivity contribution in [1.82, 2.24) is 20.1 Å². The first-order valence-corrected chi connectivity index (χ1v) is 5.96. The van der Waals surface area contributed by atoms with E-state index in [1.807, 2.05) is 0 Å². The second-order valence-electron chi connectivity index (χ2n) is 4.93. The van der Waals surface area contributed by atoms with E-state index < -0.39 is 0 Å². The predicted molar refractivity (Wildman–Crippen MR) is 62.9 cm³/mol. The number of nitrogens with two attached hydrogens (primary N) is 1. The lowest BCUT2D eigenvalue weighted by Gasteiger charge is -2.25. The van der Waals surface area contributed by atoms with E-state index >= 15 is 0 Å². The molecule has 1 amide bonds. The number of nitrogens with one attached hydrogen (secondary N) is 1. The van der Waals surface area contributed by atoms with E-state index in [9.17, 15) is 4.79 Å². The molecule has 0 bridgehead atoms. The van der Waals surface area contributed by atoms with Crippen LogP contribution in [0.15, 0.2) is 6.33 Å². The molecule has 1 aromatic heterocycles. The molecule has 17 heavy (non-hydrogen) atoms. The number of aromatic amines is 1. The molecule has 94 valence electrons. The van der Waals surface area contributed by atoms with Gasteiger partial charge in [0.15, 0.2) is 0 Å². The largest absolute Gasteiger partial charge is 0.338 e. The fourth-order valence-corrected chi connectivity index (χ4v) is 2.31. The van der Waals surface area contributed by atoms with Crippen molar-refractivity contribution in [2.45, 2.75) is 44.2 Å². The number of hydrogen-bond donors (Lipinski definition) is 2. The van der Waals surface area contributed by atoms with Crippen molar-refractivity contribution >= 4 is 5.91 Å². The molecule has 0 aromatic carbocycles. The van der Waals surface area contributed by atoms with Crippen LogP contribution in [0.4, 0.5) is 0 Å². The Bertz CT molecular complexity index is 369. The van der Waals surface area contributed by atoms with Crippen molar-refractivity contribution in [2.75, 3.05) is 7.05 Å². The quantitative estimate of drug-likeness (QED) is 0.794. The Morgan fingerprint density at radius 1 is 1.59 bits per heavy atom. The normalized spacial score (nSPS) is 18.2. The summed E-state index contributed by atoms with van der Waals surface area (Å²) in [4.78, 5) is 17.7. The van der Waals surface area contributed by atoms with Crippen molar-refractivity contribution < 1.29 is 4.79 Å². The van der Waals surface area contributed by atoms with Crippen molar-refractivity contribution in [3.05, 3.63) is 12.2 Å². The highest BCUT2D eigenvalue weighted by atomic mass is 16.2. The second kappa shape index (κ2) is 4.83. The van der Waals surface area contributed by atoms with Crippen molar-refractivity contribution in [3.8, 4) is 0 Å². The average molecular weight is 237 g/mol. The first-order valence-electron chi connectivity index (χ1n) is 5.96. The standard InChI is InChI=1S/C11H19N5O/c1-16(7-9-13-8-14-15-9)10(17)6-11(12)4-2-3-5-11/h8H,2-7,12H2,1H3,(H,13,14,15). The van der Waals surface area contributed by atoms with Crippen molar-refractivity contribution in [1.29, 1.82) is 0 Å². The number of amides is 1. The number of rotatable bonds is 4. The van der Waals surface area contributed by atoms with Crippen LogP contribution in [0.25, 0.3) is 0 Å². The highest BCUT2D eigenvalue weighted by Gasteiger charge is 2.32. The molecule has 1 saturated carbocycles. The summed E-state index contributed by atoms with van der Waals surface area (Å²) in [5.41, 5.74) is 5.90. The van der Waals surface area contributed by atoms with Gasteiger partial charge in [-0.15, -0.1) is 0 Å². The van der Waals surface area contributed by atoms with Gasteiger partial charge in [-0.1, -0.05) is 12.8 Å². The molecule has 1 heterocycles. The maximum atomic E-state index is 12.0. The first-order chi connectivity index (χ1) is 8.09. The van der Waals surface area contributed by atoms with Gasteiger partial charge in [-0.25, -0.2) is 4.98 Å². The van der Waals surface area contributed by atoms with E-state index in [2.05, 4.69) is 15.2 Å². The van der Waals surface area contributed by atoms with Gasteiger partial charge in [0.05, 0.1) is 6.54 Å². The Hall–Kier alpha value is -1.43. The minimum atomic E-state index is -0.285. The summed E-state index contributed by atoms with van der Waals surface area (Å²) in [6.07, 6.45) is 6.04. The molecular weight excluding hydrogens is 218 g/mol. The highest BCUT2D eigenvalue weighted by Crippen LogP contribution is 2.30. The maximum Gasteiger partial charge on any atom is 0.224 e. The summed E-state index contributed by atoms with van der Waals surface area (Å²) in [6.45, 7) is 0.453. The molecule has 2 rings (SSSR count). The van der Waals surface area contributed by atoms with Crippen LogP contribution in [0.2, 0.25) is 0 Å². The van der Waals surface area contributed by atoms with Gasteiger partial charge in [-0.2, -0.15) is 5.10 Å². The van der Waals surface area contributed by atoms with Crippen LogP contribution in [-0.2, 0) is 11.3 Å². The van der Waals surface area contributed by atoms with Crippen molar-refractivity contribution in [3.63, 3.8) is 0 Å². The zero-order valence-electron chi connectivity index (χ0n) is 10.1. The minimum absolute atomic E-state index is 0.0748. The van der Waals surface area contributed by atoms with Gasteiger partial charge < -0.3 is 10.6 Å². The molecule has 6 heteroatoms. The Balaban J connectivity index is 1.87. The van der Waals surface area contributed by atoms with Gasteiger partial charge in [0, 0.05) is 19.0 Å². The minimum Gasteiger partial charge on any atom is -0.338 e. The van der Waals surface area contributed by atoms with Crippen LogP contribution in [0.3, 0.4) is 0 Å². The fraction of sp³-hybridized carbons (Fsp3) is 0.727. The monoisotopic (exact) mass is 237 g/mol. The molecule has 0 aliphatic heterocycles. The van der Waals surface area contributed by atoms with Gasteiger partial charge in [-0.3, -0.25) is 9.89 Å². The number of H-pyrrole nitrogens is 1. The maximum absolute atomic E-state index is 12.0. The number of aromatic nitrogens is 3. The Labute approximate surface area is 101 Å². The number of carbonyl (C=O) groups excluding carboxylic acids is 1. The third-order valence-electron chi connectivity index (χ3n) is 3.38. The highest BCUT2D eigenvalue weighted by molar-refractivity contribution is 5.77. The lowest BCUT2D eigenvalue weighted by molar-refractivity contribution is -0.131. The SMILES string of the molecule is CN(Cc1ncn[nH]1)C(=O)CC1(N)CCCC1. The first kappa shape index (κ1) is 12.0. The Morgan fingerprint density at radius 3 is 2.88 bits per heavy atom. The van der Waals surface area contributed by atoms with E-state index in [0.717, 1.165) is 25.7 Å². The molecule has 0 spiro atoms. The third-order valence-corrected chi connectivity index (χ3v) is 3.38. The van der Waals surface area contributed by atoms with Crippen LogP contribution in [0.5, 0.6) is 0 Å². The van der Waals surface area contributed by atoms with E-state index in [1.54, 1.807) is 11.9 Å². The molecule has 1 aromatic rings. The number of carbonyl (C=O) groups is 1. The molecule has 0 radical (unpaired) electrons. The molecule has 1 aliphatic carbocycles. The predicted octanol–water partition coefficient (Wildman–Crippen LogP) is 0.425. The summed E-state index contributed by atoms with van der Waals surface area (Å²) < 4.78 is 0. The smallest absolute Gasteiger partial charge is 0.224 e. The van der Waals surface area contributed by atoms with Crippen LogP contribution in [0.1, 0.15) is 37.9 Å². The van der Waals surface area contributed by atoms with E-state index in [0.29, 0.717) is 18.8 Å². The molecule has 6 nitrogen and oxygen atoms in total. The van der Waals surface area contributed by atoms with Gasteiger partial charge in [0.1, 0.15) is 12.2 Å². The summed E-state index contributed by atoms with van der Waals surface area (Å²) in [5.74, 6) is 0.768. The summed E-state index contributed by atoms with van der Waals surface area (Å²) in [7, 11) is 1.77. The molecule has 1 aliphatic rings. The second-order valence-corrected chi connectivity index (χ2v) is 4.93. The Morgan fingerprint density at radius 2 is 2.29 bits per heavy atom. The summed E-state index contributed by atoms with van der Waals surface area (Å²) in [6, 6.07) is 0. The van der Waals surface area contributed by atoms with Crippen LogP contribution >= 0.6 is 0 Å². The van der Waals surface area contributed by atoms with Crippen LogP contribution in [-0.4, -0.2) is 38.6 Å². The van der Waals surface area contributed by atoms with E-state index in [1.165, 1.54) is 6.33 Å². The van der Waals surface area contributed by atoms with Gasteiger partial charge in [0.2, 0.25) is 5.91 Å². The lowest BCUT2D eigenvalue weighted by Crippen LogP contribution is -2.42. The van der Waals surface area contributed by atoms with Crippen LogP contribution < -0.4 is 5.73 Å². The topological polar surface area (TPSA) is 87.9 Å². The number of hydrogen-bond acceptors (Lipinski definition) is 4. The molecule has 3 N–H and O–H groups in total. The third kappa shape index (κ3) is 3.03. The molecule has 0 saturated heterocycles. The lowest BCUT2D eigenvalue weighted by atomic mass is 9.94. The van der Waals surface area contributed by atoms with Gasteiger partial charge in [0.25, 0.3) is 0 Å². The summed E-state index contributed by atoms with van der Waals surface area (Å²) >= 11 is 0. The van der Waals surface area contributed by atoms with E-state index in [4.69, 9.17) is 5.73 Å². The molecular formula is C11H19N5O. The molecule has 0 unspecified atom stereocenters. The van der Waals surface area contributed by atoms with Crippen molar-refractivity contribution in [2.24, 2.45) is 5.73 Å².